The van der Waals surface area contributed by atoms with Crippen molar-refractivity contribution >= 4 is 11.6 Å². The molecule has 0 spiro atoms. The number of halogens is 1. The van der Waals surface area contributed by atoms with E-state index >= 15 is 0 Å². The zero-order valence-corrected chi connectivity index (χ0v) is 9.46. The highest BCUT2D eigenvalue weighted by Crippen LogP contribution is 2.15. The second-order valence-corrected chi connectivity index (χ2v) is 3.96. The number of aliphatic hydroxyl groups excluding tert-OH is 2. The Morgan fingerprint density at radius 2 is 2.20 bits per heavy atom. The highest BCUT2D eigenvalue weighted by molar-refractivity contribution is 6.31. The van der Waals surface area contributed by atoms with Gasteiger partial charge in [0.1, 0.15) is 0 Å². The molecule has 0 bridgehead atoms. The molecule has 1 atom stereocenters. The molecule has 3 N–H and O–H groups in total. The summed E-state index contributed by atoms with van der Waals surface area (Å²) < 4.78 is 0. The first-order valence-electron chi connectivity index (χ1n) is 4.88. The summed E-state index contributed by atoms with van der Waals surface area (Å²) >= 11 is 5.89. The summed E-state index contributed by atoms with van der Waals surface area (Å²) in [5.41, 5.74) is 2.15. The van der Waals surface area contributed by atoms with Gasteiger partial charge < -0.3 is 15.5 Å². The van der Waals surface area contributed by atoms with E-state index in [0.29, 0.717) is 13.1 Å². The van der Waals surface area contributed by atoms with E-state index < -0.39 is 6.10 Å². The number of benzene rings is 1. The molecule has 0 aliphatic carbocycles. The fourth-order valence-corrected chi connectivity index (χ4v) is 1.38. The maximum atomic E-state index is 9.10. The van der Waals surface area contributed by atoms with Crippen molar-refractivity contribution in [2.24, 2.45) is 0 Å². The Morgan fingerprint density at radius 3 is 2.80 bits per heavy atom. The molecule has 1 aromatic rings. The molecular weight excluding hydrogens is 214 g/mol. The third-order valence-electron chi connectivity index (χ3n) is 2.14. The molecule has 0 unspecified atom stereocenters. The van der Waals surface area contributed by atoms with Gasteiger partial charge in [-0.3, -0.25) is 0 Å². The molecule has 15 heavy (non-hydrogen) atoms. The summed E-state index contributed by atoms with van der Waals surface area (Å²) in [5.74, 6) is 0. The van der Waals surface area contributed by atoms with Gasteiger partial charge in [0.2, 0.25) is 0 Å². The van der Waals surface area contributed by atoms with Gasteiger partial charge in [0, 0.05) is 18.1 Å². The highest BCUT2D eigenvalue weighted by atomic mass is 35.5. The quantitative estimate of drug-likeness (QED) is 0.709. The van der Waals surface area contributed by atoms with Crippen molar-refractivity contribution in [1.29, 1.82) is 0 Å². The van der Waals surface area contributed by atoms with Crippen molar-refractivity contribution in [1.82, 2.24) is 5.32 Å². The van der Waals surface area contributed by atoms with Gasteiger partial charge in [-0.05, 0) is 24.1 Å². The first kappa shape index (κ1) is 12.5. The van der Waals surface area contributed by atoms with Crippen LogP contribution in [0.15, 0.2) is 18.2 Å². The Labute approximate surface area is 94.7 Å². The highest BCUT2D eigenvalue weighted by Gasteiger charge is 2.01. The van der Waals surface area contributed by atoms with Gasteiger partial charge in [0.05, 0.1) is 12.7 Å². The first-order valence-corrected chi connectivity index (χ1v) is 5.26. The Hall–Kier alpha value is -0.610. The molecule has 0 heterocycles. The van der Waals surface area contributed by atoms with E-state index in [9.17, 15) is 0 Å². The summed E-state index contributed by atoms with van der Waals surface area (Å²) in [5, 5.41) is 21.5. The second-order valence-electron chi connectivity index (χ2n) is 3.55. The standard InChI is InChI=1S/C11H16ClNO2/c1-8-4-9(2-3-11(8)12)5-13-6-10(15)7-14/h2-4,10,13-15H,5-7H2,1H3/t10-/m1/s1. The van der Waals surface area contributed by atoms with Gasteiger partial charge in [-0.1, -0.05) is 23.7 Å². The van der Waals surface area contributed by atoms with Crippen LogP contribution in [0.25, 0.3) is 0 Å². The van der Waals surface area contributed by atoms with E-state index in [2.05, 4.69) is 5.32 Å². The number of aliphatic hydroxyl groups is 2. The lowest BCUT2D eigenvalue weighted by Crippen LogP contribution is -2.28. The monoisotopic (exact) mass is 229 g/mol. The smallest absolute Gasteiger partial charge is 0.0895 e. The normalized spacial score (nSPS) is 12.8. The summed E-state index contributed by atoms with van der Waals surface area (Å²) in [6.07, 6.45) is -0.696. The van der Waals surface area contributed by atoms with Crippen molar-refractivity contribution in [3.63, 3.8) is 0 Å². The Morgan fingerprint density at radius 1 is 1.47 bits per heavy atom. The molecular formula is C11H16ClNO2. The maximum absolute atomic E-state index is 9.10. The Kier molecular flexibility index (Phi) is 5.05. The van der Waals surface area contributed by atoms with Gasteiger partial charge in [0.25, 0.3) is 0 Å². The summed E-state index contributed by atoms with van der Waals surface area (Å²) in [6, 6.07) is 5.80. The summed E-state index contributed by atoms with van der Waals surface area (Å²) in [7, 11) is 0. The fraction of sp³-hybridized carbons (Fsp3) is 0.455. The van der Waals surface area contributed by atoms with E-state index in [0.717, 1.165) is 16.1 Å². The Bertz CT molecular complexity index is 317. The van der Waals surface area contributed by atoms with Crippen LogP contribution in [-0.2, 0) is 6.54 Å². The molecule has 0 aliphatic rings. The molecule has 0 amide bonds. The second kappa shape index (κ2) is 6.08. The van der Waals surface area contributed by atoms with E-state index in [1.54, 1.807) is 0 Å². The topological polar surface area (TPSA) is 52.5 Å². The third-order valence-corrected chi connectivity index (χ3v) is 2.57. The molecule has 0 saturated heterocycles. The molecule has 84 valence electrons. The number of rotatable bonds is 5. The van der Waals surface area contributed by atoms with E-state index in [1.807, 2.05) is 25.1 Å². The molecule has 0 saturated carbocycles. The van der Waals surface area contributed by atoms with Crippen molar-refractivity contribution in [2.75, 3.05) is 13.2 Å². The third kappa shape index (κ3) is 4.18. The molecule has 4 heteroatoms. The molecule has 1 aromatic carbocycles. The van der Waals surface area contributed by atoms with Crippen LogP contribution < -0.4 is 5.32 Å². The van der Waals surface area contributed by atoms with Crippen molar-refractivity contribution in [2.45, 2.75) is 19.6 Å². The molecule has 0 radical (unpaired) electrons. The van der Waals surface area contributed by atoms with Gasteiger partial charge in [-0.25, -0.2) is 0 Å². The Balaban J connectivity index is 2.41. The van der Waals surface area contributed by atoms with Gasteiger partial charge in [-0.2, -0.15) is 0 Å². The van der Waals surface area contributed by atoms with Crippen molar-refractivity contribution in [3.05, 3.63) is 34.3 Å². The van der Waals surface area contributed by atoms with Crippen molar-refractivity contribution < 1.29 is 10.2 Å². The number of nitrogens with one attached hydrogen (secondary N) is 1. The number of hydrogen-bond acceptors (Lipinski definition) is 3. The fourth-order valence-electron chi connectivity index (χ4n) is 1.26. The van der Waals surface area contributed by atoms with E-state index in [-0.39, 0.29) is 6.61 Å². The average molecular weight is 230 g/mol. The summed E-state index contributed by atoms with van der Waals surface area (Å²) in [4.78, 5) is 0. The van der Waals surface area contributed by atoms with E-state index in [4.69, 9.17) is 21.8 Å². The predicted octanol–water partition coefficient (Wildman–Crippen LogP) is 1.09. The zero-order valence-electron chi connectivity index (χ0n) is 8.70. The van der Waals surface area contributed by atoms with Gasteiger partial charge in [0.15, 0.2) is 0 Å². The van der Waals surface area contributed by atoms with Crippen LogP contribution in [0.3, 0.4) is 0 Å². The first-order chi connectivity index (χ1) is 7.13. The van der Waals surface area contributed by atoms with Crippen LogP contribution in [0.4, 0.5) is 0 Å². The van der Waals surface area contributed by atoms with Gasteiger partial charge in [-0.15, -0.1) is 0 Å². The van der Waals surface area contributed by atoms with Crippen LogP contribution in [-0.4, -0.2) is 29.5 Å². The van der Waals surface area contributed by atoms with E-state index in [1.165, 1.54) is 0 Å². The van der Waals surface area contributed by atoms with Crippen LogP contribution in [0.2, 0.25) is 5.02 Å². The number of hydrogen-bond donors (Lipinski definition) is 3. The number of aryl methyl sites for hydroxylation is 1. The lowest BCUT2D eigenvalue weighted by molar-refractivity contribution is 0.0942. The lowest BCUT2D eigenvalue weighted by atomic mass is 10.1. The predicted molar refractivity (Wildman–Crippen MR) is 61.0 cm³/mol. The maximum Gasteiger partial charge on any atom is 0.0895 e. The zero-order chi connectivity index (χ0) is 11.3. The summed E-state index contributed by atoms with van der Waals surface area (Å²) in [6.45, 7) is 2.79. The van der Waals surface area contributed by atoms with Crippen molar-refractivity contribution in [3.8, 4) is 0 Å². The molecule has 3 nitrogen and oxygen atoms in total. The minimum Gasteiger partial charge on any atom is -0.394 e. The van der Waals surface area contributed by atoms with Crippen LogP contribution in [0.1, 0.15) is 11.1 Å². The van der Waals surface area contributed by atoms with Gasteiger partial charge >= 0.3 is 0 Å². The lowest BCUT2D eigenvalue weighted by Gasteiger charge is -2.09. The minimum absolute atomic E-state index is 0.216. The molecule has 0 fully saturated rings. The van der Waals surface area contributed by atoms with Crippen LogP contribution in [0, 0.1) is 6.92 Å². The molecule has 0 aliphatic heterocycles. The van der Waals surface area contributed by atoms with Crippen LogP contribution in [0.5, 0.6) is 0 Å². The SMILES string of the molecule is Cc1cc(CNC[C@@H](O)CO)ccc1Cl. The average Bonchev–Trinajstić information content (AvgIpc) is 2.23. The molecule has 1 rings (SSSR count). The van der Waals surface area contributed by atoms with Crippen LogP contribution >= 0.6 is 11.6 Å². The molecule has 0 aromatic heterocycles. The minimum atomic E-state index is -0.696. The largest absolute Gasteiger partial charge is 0.394 e.